The Morgan fingerprint density at radius 3 is 2.54 bits per heavy atom. The molecule has 26 heavy (non-hydrogen) atoms. The number of hydrogen-bond acceptors (Lipinski definition) is 4. The number of nitrogens with zero attached hydrogens (tertiary/aromatic N) is 3. The number of carbonyl (C=O) groups is 1. The van der Waals surface area contributed by atoms with Gasteiger partial charge < -0.3 is 9.64 Å². The van der Waals surface area contributed by atoms with Gasteiger partial charge in [-0.3, -0.25) is 4.79 Å². The van der Waals surface area contributed by atoms with Gasteiger partial charge in [-0.15, -0.1) is 0 Å². The lowest BCUT2D eigenvalue weighted by Gasteiger charge is -2.24. The Morgan fingerprint density at radius 1 is 1.27 bits per heavy atom. The van der Waals surface area contributed by atoms with E-state index in [2.05, 4.69) is 4.98 Å². The number of amides is 1. The second-order valence-electron chi connectivity index (χ2n) is 5.37. The van der Waals surface area contributed by atoms with Crippen molar-refractivity contribution in [3.05, 3.63) is 59.3 Å². The maximum absolute atomic E-state index is 13.0. The molecule has 2 aromatic rings. The number of rotatable bonds is 6. The molecule has 0 aliphatic rings. The average Bonchev–Trinajstić information content (AvgIpc) is 2.61. The third-order valence-corrected chi connectivity index (χ3v) is 3.40. The highest BCUT2D eigenvalue weighted by Gasteiger charge is 2.34. The van der Waals surface area contributed by atoms with E-state index in [1.54, 1.807) is 6.92 Å². The van der Waals surface area contributed by atoms with Gasteiger partial charge in [0.05, 0.1) is 18.2 Å². The molecule has 0 atom stereocenters. The summed E-state index contributed by atoms with van der Waals surface area (Å²) >= 11 is 0. The first kappa shape index (κ1) is 19.2. The van der Waals surface area contributed by atoms with E-state index in [-0.39, 0.29) is 24.6 Å². The second-order valence-corrected chi connectivity index (χ2v) is 5.37. The summed E-state index contributed by atoms with van der Waals surface area (Å²) < 4.78 is 44.1. The molecule has 1 aromatic heterocycles. The highest BCUT2D eigenvalue weighted by molar-refractivity contribution is 5.96. The van der Waals surface area contributed by atoms with E-state index in [1.807, 2.05) is 6.07 Å². The molecule has 0 unspecified atom stereocenters. The standard InChI is InChI=1S/C18H16F3N3O2/c1-2-26-16-15(4-3-9-23-16)17(25)24(12-18(19,20)21)11-14-7-5-13(10-22)6-8-14/h3-9H,2,11-12H2,1H3. The molecule has 136 valence electrons. The normalized spacial score (nSPS) is 10.9. The zero-order valence-corrected chi connectivity index (χ0v) is 14.0. The molecular weight excluding hydrogens is 347 g/mol. The van der Waals surface area contributed by atoms with Crippen LogP contribution in [0.3, 0.4) is 0 Å². The van der Waals surface area contributed by atoms with Crippen molar-refractivity contribution in [2.45, 2.75) is 19.6 Å². The Labute approximate surface area is 148 Å². The maximum atomic E-state index is 13.0. The number of hydrogen-bond donors (Lipinski definition) is 0. The van der Waals surface area contributed by atoms with Crippen molar-refractivity contribution < 1.29 is 22.7 Å². The minimum Gasteiger partial charge on any atom is -0.477 e. The number of halogens is 3. The number of aromatic nitrogens is 1. The number of alkyl halides is 3. The molecule has 8 heteroatoms. The van der Waals surface area contributed by atoms with Crippen LogP contribution in [0.1, 0.15) is 28.4 Å². The fraction of sp³-hybridized carbons (Fsp3) is 0.278. The molecule has 0 bridgehead atoms. The maximum Gasteiger partial charge on any atom is 0.406 e. The van der Waals surface area contributed by atoms with E-state index in [1.165, 1.54) is 42.6 Å². The van der Waals surface area contributed by atoms with E-state index in [9.17, 15) is 18.0 Å². The molecule has 0 saturated carbocycles. The van der Waals surface area contributed by atoms with Gasteiger partial charge in [0, 0.05) is 12.7 Å². The van der Waals surface area contributed by atoms with Gasteiger partial charge in [0.1, 0.15) is 12.1 Å². The quantitative estimate of drug-likeness (QED) is 0.787. The number of ether oxygens (including phenoxy) is 1. The summed E-state index contributed by atoms with van der Waals surface area (Å²) in [4.78, 5) is 17.3. The summed E-state index contributed by atoms with van der Waals surface area (Å²) in [7, 11) is 0. The number of benzene rings is 1. The molecule has 5 nitrogen and oxygen atoms in total. The lowest BCUT2D eigenvalue weighted by atomic mass is 10.1. The predicted molar refractivity (Wildman–Crippen MR) is 87.4 cm³/mol. The Kier molecular flexibility index (Phi) is 6.17. The van der Waals surface area contributed by atoms with Gasteiger partial charge in [0.15, 0.2) is 0 Å². The number of carbonyl (C=O) groups excluding carboxylic acids is 1. The van der Waals surface area contributed by atoms with Crippen LogP contribution in [-0.4, -0.2) is 35.1 Å². The van der Waals surface area contributed by atoms with E-state index in [0.29, 0.717) is 16.0 Å². The van der Waals surface area contributed by atoms with Crippen LogP contribution < -0.4 is 4.74 Å². The minimum atomic E-state index is -4.56. The van der Waals surface area contributed by atoms with Gasteiger partial charge >= 0.3 is 6.18 Å². The Morgan fingerprint density at radius 2 is 1.96 bits per heavy atom. The first-order chi connectivity index (χ1) is 12.3. The third kappa shape index (κ3) is 5.21. The SMILES string of the molecule is CCOc1ncccc1C(=O)N(Cc1ccc(C#N)cc1)CC(F)(F)F. The Hall–Kier alpha value is -3.08. The number of nitriles is 1. The van der Waals surface area contributed by atoms with Crippen LogP contribution >= 0.6 is 0 Å². The summed E-state index contributed by atoms with van der Waals surface area (Å²) in [6, 6.07) is 10.8. The van der Waals surface area contributed by atoms with E-state index >= 15 is 0 Å². The Balaban J connectivity index is 2.31. The number of pyridine rings is 1. The van der Waals surface area contributed by atoms with E-state index in [4.69, 9.17) is 10.00 Å². The molecular formula is C18H16F3N3O2. The summed E-state index contributed by atoms with van der Waals surface area (Å²) in [5, 5.41) is 8.80. The predicted octanol–water partition coefficient (Wildman–Crippen LogP) is 3.56. The average molecular weight is 363 g/mol. The van der Waals surface area contributed by atoms with Crippen LogP contribution in [0.25, 0.3) is 0 Å². The third-order valence-electron chi connectivity index (χ3n) is 3.40. The summed E-state index contributed by atoms with van der Waals surface area (Å²) in [6.07, 6.45) is -3.16. The summed E-state index contributed by atoms with van der Waals surface area (Å²) in [5.74, 6) is -0.838. The molecule has 0 fully saturated rings. The van der Waals surface area contributed by atoms with Crippen molar-refractivity contribution >= 4 is 5.91 Å². The summed E-state index contributed by atoms with van der Waals surface area (Å²) in [6.45, 7) is 0.246. The molecule has 0 aliphatic carbocycles. The summed E-state index contributed by atoms with van der Waals surface area (Å²) in [5.41, 5.74) is 0.823. The zero-order valence-electron chi connectivity index (χ0n) is 14.0. The molecule has 2 rings (SSSR count). The van der Waals surface area contributed by atoms with Crippen molar-refractivity contribution in [2.75, 3.05) is 13.2 Å². The molecule has 0 radical (unpaired) electrons. The van der Waals surface area contributed by atoms with Gasteiger partial charge in [-0.1, -0.05) is 12.1 Å². The molecule has 1 amide bonds. The zero-order chi connectivity index (χ0) is 19.2. The molecule has 0 aliphatic heterocycles. The van der Waals surface area contributed by atoms with Crippen LogP contribution in [0, 0.1) is 11.3 Å². The smallest absolute Gasteiger partial charge is 0.406 e. The molecule has 1 aromatic carbocycles. The van der Waals surface area contributed by atoms with Gasteiger partial charge in [-0.05, 0) is 36.8 Å². The van der Waals surface area contributed by atoms with Crippen LogP contribution in [0.4, 0.5) is 13.2 Å². The van der Waals surface area contributed by atoms with Crippen molar-refractivity contribution in [3.63, 3.8) is 0 Å². The largest absolute Gasteiger partial charge is 0.477 e. The van der Waals surface area contributed by atoms with Crippen LogP contribution in [0.15, 0.2) is 42.6 Å². The van der Waals surface area contributed by atoms with E-state index in [0.717, 1.165) is 0 Å². The van der Waals surface area contributed by atoms with Crippen LogP contribution in [-0.2, 0) is 6.54 Å². The lowest BCUT2D eigenvalue weighted by molar-refractivity contribution is -0.141. The van der Waals surface area contributed by atoms with Crippen molar-refractivity contribution in [1.29, 1.82) is 5.26 Å². The van der Waals surface area contributed by atoms with Crippen molar-refractivity contribution in [1.82, 2.24) is 9.88 Å². The second kappa shape index (κ2) is 8.34. The lowest BCUT2D eigenvalue weighted by Crippen LogP contribution is -2.38. The monoisotopic (exact) mass is 363 g/mol. The fourth-order valence-electron chi connectivity index (χ4n) is 2.30. The Bertz CT molecular complexity index is 799. The first-order valence-electron chi connectivity index (χ1n) is 7.77. The van der Waals surface area contributed by atoms with Crippen molar-refractivity contribution in [3.8, 4) is 11.9 Å². The van der Waals surface area contributed by atoms with Crippen LogP contribution in [0.5, 0.6) is 5.88 Å². The van der Waals surface area contributed by atoms with Gasteiger partial charge in [-0.25, -0.2) is 4.98 Å². The molecule has 0 saturated heterocycles. The van der Waals surface area contributed by atoms with Gasteiger partial charge in [0.2, 0.25) is 5.88 Å². The van der Waals surface area contributed by atoms with Crippen LogP contribution in [0.2, 0.25) is 0 Å². The highest BCUT2D eigenvalue weighted by Crippen LogP contribution is 2.23. The van der Waals surface area contributed by atoms with Crippen molar-refractivity contribution in [2.24, 2.45) is 0 Å². The minimum absolute atomic E-state index is 0.00740. The highest BCUT2D eigenvalue weighted by atomic mass is 19.4. The van der Waals surface area contributed by atoms with Gasteiger partial charge in [0.25, 0.3) is 5.91 Å². The van der Waals surface area contributed by atoms with E-state index < -0.39 is 18.6 Å². The van der Waals surface area contributed by atoms with Gasteiger partial charge in [-0.2, -0.15) is 18.4 Å². The molecule has 0 spiro atoms. The first-order valence-corrected chi connectivity index (χ1v) is 7.77. The molecule has 1 heterocycles. The fourth-order valence-corrected chi connectivity index (χ4v) is 2.30. The topological polar surface area (TPSA) is 66.2 Å². The molecule has 0 N–H and O–H groups in total.